The molecule has 0 saturated heterocycles. The molecule has 110 valence electrons. The fourth-order valence-corrected chi connectivity index (χ4v) is 2.44. The molecule has 0 fully saturated rings. The van der Waals surface area contributed by atoms with Gasteiger partial charge in [-0.05, 0) is 51.0 Å². The molecule has 0 bridgehead atoms. The SMILES string of the molecule is CCOc1ccccc1C=NC(C)c1ccc(C)cc1C. The van der Waals surface area contributed by atoms with E-state index in [1.807, 2.05) is 37.4 Å². The summed E-state index contributed by atoms with van der Waals surface area (Å²) in [6.45, 7) is 9.03. The number of ether oxygens (including phenoxy) is 1. The van der Waals surface area contributed by atoms with Crippen molar-refractivity contribution in [2.75, 3.05) is 6.61 Å². The van der Waals surface area contributed by atoms with Gasteiger partial charge in [-0.2, -0.15) is 0 Å². The first-order chi connectivity index (χ1) is 10.1. The average molecular weight is 281 g/mol. The Labute approximate surface area is 127 Å². The molecule has 0 amide bonds. The Hall–Kier alpha value is -2.09. The van der Waals surface area contributed by atoms with Crippen LogP contribution in [0.15, 0.2) is 47.5 Å². The number of rotatable bonds is 5. The molecule has 1 atom stereocenters. The van der Waals surface area contributed by atoms with Crippen LogP contribution >= 0.6 is 0 Å². The van der Waals surface area contributed by atoms with Crippen molar-refractivity contribution in [2.24, 2.45) is 4.99 Å². The highest BCUT2D eigenvalue weighted by molar-refractivity contribution is 5.83. The van der Waals surface area contributed by atoms with Crippen molar-refractivity contribution in [2.45, 2.75) is 33.7 Å². The third-order valence-corrected chi connectivity index (χ3v) is 3.53. The highest BCUT2D eigenvalue weighted by Crippen LogP contribution is 2.23. The lowest BCUT2D eigenvalue weighted by molar-refractivity contribution is 0.340. The Morgan fingerprint density at radius 1 is 1.14 bits per heavy atom. The molecule has 0 spiro atoms. The standard InChI is InChI=1S/C19H23NO/c1-5-21-19-9-7-6-8-17(19)13-20-16(4)18-11-10-14(2)12-15(18)3/h6-13,16H,5H2,1-4H3. The predicted molar refractivity (Wildman–Crippen MR) is 89.5 cm³/mol. The Morgan fingerprint density at radius 2 is 1.90 bits per heavy atom. The molecule has 0 aliphatic heterocycles. The molecule has 2 nitrogen and oxygen atoms in total. The largest absolute Gasteiger partial charge is 0.493 e. The summed E-state index contributed by atoms with van der Waals surface area (Å²) in [5.74, 6) is 0.886. The number of benzene rings is 2. The molecule has 0 aliphatic rings. The minimum Gasteiger partial charge on any atom is -0.493 e. The van der Waals surface area contributed by atoms with E-state index in [0.29, 0.717) is 6.61 Å². The van der Waals surface area contributed by atoms with Gasteiger partial charge in [0, 0.05) is 11.8 Å². The number of nitrogens with zero attached hydrogens (tertiary/aromatic N) is 1. The monoisotopic (exact) mass is 281 g/mol. The van der Waals surface area contributed by atoms with Crippen LogP contribution in [-0.2, 0) is 0 Å². The summed E-state index contributed by atoms with van der Waals surface area (Å²) in [5, 5.41) is 0. The first-order valence-corrected chi connectivity index (χ1v) is 7.44. The zero-order chi connectivity index (χ0) is 15.2. The number of para-hydroxylation sites is 1. The second-order valence-corrected chi connectivity index (χ2v) is 5.29. The molecule has 2 aromatic carbocycles. The molecule has 0 aromatic heterocycles. The van der Waals surface area contributed by atoms with Crippen LogP contribution in [-0.4, -0.2) is 12.8 Å². The van der Waals surface area contributed by atoms with E-state index in [2.05, 4.69) is 39.0 Å². The van der Waals surface area contributed by atoms with Crippen molar-refractivity contribution in [3.63, 3.8) is 0 Å². The number of aryl methyl sites for hydroxylation is 2. The normalized spacial score (nSPS) is 12.6. The van der Waals surface area contributed by atoms with Crippen molar-refractivity contribution < 1.29 is 4.74 Å². The lowest BCUT2D eigenvalue weighted by Gasteiger charge is -2.12. The van der Waals surface area contributed by atoms with E-state index in [-0.39, 0.29) is 6.04 Å². The first-order valence-electron chi connectivity index (χ1n) is 7.44. The Kier molecular flexibility index (Phi) is 5.15. The van der Waals surface area contributed by atoms with Gasteiger partial charge in [-0.25, -0.2) is 0 Å². The molecule has 0 N–H and O–H groups in total. The summed E-state index contributed by atoms with van der Waals surface area (Å²) < 4.78 is 5.62. The molecule has 2 rings (SSSR count). The molecule has 0 heterocycles. The molecular formula is C19H23NO. The van der Waals surface area contributed by atoms with Gasteiger partial charge in [0.25, 0.3) is 0 Å². The van der Waals surface area contributed by atoms with Gasteiger partial charge in [-0.3, -0.25) is 4.99 Å². The highest BCUT2D eigenvalue weighted by atomic mass is 16.5. The molecule has 2 heteroatoms. The van der Waals surface area contributed by atoms with Crippen molar-refractivity contribution in [3.05, 3.63) is 64.7 Å². The molecule has 1 unspecified atom stereocenters. The second-order valence-electron chi connectivity index (χ2n) is 5.29. The summed E-state index contributed by atoms with van der Waals surface area (Å²) in [7, 11) is 0. The van der Waals surface area contributed by atoms with Gasteiger partial charge < -0.3 is 4.74 Å². The maximum absolute atomic E-state index is 5.62. The minimum atomic E-state index is 0.139. The van der Waals surface area contributed by atoms with E-state index in [0.717, 1.165) is 11.3 Å². The number of hydrogen-bond acceptors (Lipinski definition) is 2. The van der Waals surface area contributed by atoms with Crippen molar-refractivity contribution in [3.8, 4) is 5.75 Å². The summed E-state index contributed by atoms with van der Waals surface area (Å²) >= 11 is 0. The quantitative estimate of drug-likeness (QED) is 0.716. The Bertz CT molecular complexity index is 631. The van der Waals surface area contributed by atoms with Gasteiger partial charge in [0.1, 0.15) is 5.75 Å². The Morgan fingerprint density at radius 3 is 2.62 bits per heavy atom. The fraction of sp³-hybridized carbons (Fsp3) is 0.316. The van der Waals surface area contributed by atoms with E-state index in [9.17, 15) is 0 Å². The molecule has 0 radical (unpaired) electrons. The smallest absolute Gasteiger partial charge is 0.128 e. The zero-order valence-electron chi connectivity index (χ0n) is 13.3. The fourth-order valence-electron chi connectivity index (χ4n) is 2.44. The lowest BCUT2D eigenvalue weighted by Crippen LogP contribution is -1.98. The second kappa shape index (κ2) is 7.07. The maximum Gasteiger partial charge on any atom is 0.128 e. The zero-order valence-corrected chi connectivity index (χ0v) is 13.3. The van der Waals surface area contributed by atoms with E-state index < -0.39 is 0 Å². The van der Waals surface area contributed by atoms with Crippen LogP contribution in [0.3, 0.4) is 0 Å². The van der Waals surface area contributed by atoms with Gasteiger partial charge in [0.15, 0.2) is 0 Å². The van der Waals surface area contributed by atoms with Crippen LogP contribution in [0, 0.1) is 13.8 Å². The molecule has 0 aliphatic carbocycles. The predicted octanol–water partition coefficient (Wildman–Crippen LogP) is 4.88. The van der Waals surface area contributed by atoms with Crippen LogP contribution in [0.1, 0.15) is 42.1 Å². The average Bonchev–Trinajstić information content (AvgIpc) is 2.46. The maximum atomic E-state index is 5.62. The van der Waals surface area contributed by atoms with E-state index >= 15 is 0 Å². The molecule has 21 heavy (non-hydrogen) atoms. The van der Waals surface area contributed by atoms with Crippen molar-refractivity contribution in [1.82, 2.24) is 0 Å². The highest BCUT2D eigenvalue weighted by Gasteiger charge is 2.07. The van der Waals surface area contributed by atoms with Crippen LogP contribution < -0.4 is 4.74 Å². The number of hydrogen-bond donors (Lipinski definition) is 0. The van der Waals surface area contributed by atoms with E-state index in [1.165, 1.54) is 16.7 Å². The topological polar surface area (TPSA) is 21.6 Å². The van der Waals surface area contributed by atoms with Gasteiger partial charge in [0.05, 0.1) is 12.6 Å². The minimum absolute atomic E-state index is 0.139. The molecule has 0 saturated carbocycles. The van der Waals surface area contributed by atoms with Gasteiger partial charge >= 0.3 is 0 Å². The van der Waals surface area contributed by atoms with Gasteiger partial charge in [0.2, 0.25) is 0 Å². The third kappa shape index (κ3) is 3.94. The first kappa shape index (κ1) is 15.3. The van der Waals surface area contributed by atoms with Crippen molar-refractivity contribution in [1.29, 1.82) is 0 Å². The van der Waals surface area contributed by atoms with E-state index in [4.69, 9.17) is 9.73 Å². The van der Waals surface area contributed by atoms with Crippen molar-refractivity contribution >= 4 is 6.21 Å². The Balaban J connectivity index is 2.20. The summed E-state index contributed by atoms with van der Waals surface area (Å²) in [6.07, 6.45) is 1.91. The van der Waals surface area contributed by atoms with E-state index in [1.54, 1.807) is 0 Å². The van der Waals surface area contributed by atoms with Crippen LogP contribution in [0.5, 0.6) is 5.75 Å². The van der Waals surface area contributed by atoms with Crippen LogP contribution in [0.4, 0.5) is 0 Å². The summed E-state index contributed by atoms with van der Waals surface area (Å²) in [6, 6.07) is 14.6. The summed E-state index contributed by atoms with van der Waals surface area (Å²) in [5.41, 5.74) is 4.87. The van der Waals surface area contributed by atoms with Gasteiger partial charge in [-0.1, -0.05) is 35.9 Å². The van der Waals surface area contributed by atoms with Crippen LogP contribution in [0.25, 0.3) is 0 Å². The lowest BCUT2D eigenvalue weighted by atomic mass is 10.0. The third-order valence-electron chi connectivity index (χ3n) is 3.53. The molecular weight excluding hydrogens is 258 g/mol. The van der Waals surface area contributed by atoms with Crippen LogP contribution in [0.2, 0.25) is 0 Å². The number of aliphatic imine (C=N–C) groups is 1. The molecule has 2 aromatic rings. The summed E-state index contributed by atoms with van der Waals surface area (Å²) in [4.78, 5) is 4.69. The van der Waals surface area contributed by atoms with Gasteiger partial charge in [-0.15, -0.1) is 0 Å².